The molecule has 14 heteroatoms. The Morgan fingerprint density at radius 1 is 1.00 bits per heavy atom. The summed E-state index contributed by atoms with van der Waals surface area (Å²) in [5.41, 5.74) is -2.12. The highest BCUT2D eigenvalue weighted by Gasteiger charge is 2.65. The van der Waals surface area contributed by atoms with Gasteiger partial charge in [0, 0.05) is 33.5 Å². The Kier molecular flexibility index (Phi) is 9.61. The van der Waals surface area contributed by atoms with Gasteiger partial charge in [0.2, 0.25) is 27.8 Å². The molecule has 2 N–H and O–H groups in total. The van der Waals surface area contributed by atoms with Crippen LogP contribution in [0.1, 0.15) is 82.2 Å². The maximum absolute atomic E-state index is 15.3. The van der Waals surface area contributed by atoms with Crippen molar-refractivity contribution in [1.29, 1.82) is 0 Å². The average Bonchev–Trinajstić information content (AvgIpc) is 3.20. The second-order valence-corrected chi connectivity index (χ2v) is 16.9. The Balaban J connectivity index is 1.80. The number of ether oxygens (including phenoxy) is 2. The monoisotopic (exact) mass is 733 g/mol. The van der Waals surface area contributed by atoms with Gasteiger partial charge in [-0.25, -0.2) is 27.2 Å². The molecule has 3 aromatic rings. The van der Waals surface area contributed by atoms with Gasteiger partial charge in [-0.1, -0.05) is 35.3 Å². The molecule has 3 atom stereocenters. The predicted octanol–water partition coefficient (Wildman–Crippen LogP) is 7.06. The van der Waals surface area contributed by atoms with E-state index in [-0.39, 0.29) is 33.5 Å². The largest absolute Gasteiger partial charge is 0.476 e. The highest BCUT2D eigenvalue weighted by atomic mass is 35.5. The fraction of sp³-hybridized carbons (Fsp3) is 0.400. The number of anilines is 1. The number of hydrogen-bond donors (Lipinski definition) is 2. The van der Waals surface area contributed by atoms with Crippen LogP contribution in [-0.4, -0.2) is 43.4 Å². The van der Waals surface area contributed by atoms with E-state index in [1.165, 1.54) is 42.5 Å². The Labute approximate surface area is 295 Å². The van der Waals surface area contributed by atoms with Gasteiger partial charge < -0.3 is 14.8 Å². The number of carbonyl (C=O) groups excluding carboxylic acids is 3. The molecule has 0 radical (unpaired) electrons. The molecule has 2 heterocycles. The number of aryl methyl sites for hydroxylation is 1. The summed E-state index contributed by atoms with van der Waals surface area (Å²) in [5, 5.41) is 3.35. The molecule has 0 unspecified atom stereocenters. The molecule has 0 saturated carbocycles. The molecule has 262 valence electrons. The van der Waals surface area contributed by atoms with Gasteiger partial charge in [-0.3, -0.25) is 9.59 Å². The van der Waals surface area contributed by atoms with Crippen molar-refractivity contribution in [3.05, 3.63) is 92.7 Å². The van der Waals surface area contributed by atoms with E-state index in [1.807, 2.05) is 0 Å². The van der Waals surface area contributed by atoms with Crippen LogP contribution in [0.4, 0.5) is 14.9 Å². The smallest absolute Gasteiger partial charge is 0.421 e. The van der Waals surface area contributed by atoms with Gasteiger partial charge in [0.1, 0.15) is 22.6 Å². The first kappa shape index (κ1) is 36.6. The predicted molar refractivity (Wildman–Crippen MR) is 185 cm³/mol. The Morgan fingerprint density at radius 3 is 2.31 bits per heavy atom. The number of nitrogens with zero attached hydrogens (tertiary/aromatic N) is 1. The molecule has 1 spiro atoms. The van der Waals surface area contributed by atoms with Crippen LogP contribution in [0.5, 0.6) is 5.75 Å². The zero-order chi connectivity index (χ0) is 36.3. The van der Waals surface area contributed by atoms with Crippen LogP contribution in [0.2, 0.25) is 10.0 Å². The number of amides is 3. The number of sulfonamides is 1. The average molecular weight is 735 g/mol. The van der Waals surface area contributed by atoms with Crippen molar-refractivity contribution in [3.63, 3.8) is 0 Å². The van der Waals surface area contributed by atoms with Crippen molar-refractivity contribution in [3.8, 4) is 5.75 Å². The quantitative estimate of drug-likeness (QED) is 0.277. The summed E-state index contributed by atoms with van der Waals surface area (Å²) in [6, 6.07) is 11.9. The third-order valence-electron chi connectivity index (χ3n) is 8.21. The first-order valence-corrected chi connectivity index (χ1v) is 17.9. The fourth-order valence-electron chi connectivity index (χ4n) is 6.60. The number of carbonyl (C=O) groups is 3. The third-order valence-corrected chi connectivity index (χ3v) is 10.0. The molecule has 10 nitrogen and oxygen atoms in total. The summed E-state index contributed by atoms with van der Waals surface area (Å²) in [5.74, 6) is -3.75. The first-order chi connectivity index (χ1) is 22.6. The molecule has 5 rings (SSSR count). The summed E-state index contributed by atoms with van der Waals surface area (Å²) in [7, 11) is -3.98. The lowest BCUT2D eigenvalue weighted by atomic mass is 9.59. The first-order valence-electron chi connectivity index (χ1n) is 15.5. The van der Waals surface area contributed by atoms with Gasteiger partial charge in [0.25, 0.3) is 0 Å². The molecule has 1 saturated heterocycles. The fourth-order valence-corrected chi connectivity index (χ4v) is 8.22. The van der Waals surface area contributed by atoms with Gasteiger partial charge in [0.05, 0.1) is 11.7 Å². The molecule has 3 amide bonds. The summed E-state index contributed by atoms with van der Waals surface area (Å²) >= 11 is 13.0. The van der Waals surface area contributed by atoms with Crippen molar-refractivity contribution < 1.29 is 36.7 Å². The van der Waals surface area contributed by atoms with E-state index in [4.69, 9.17) is 32.7 Å². The van der Waals surface area contributed by atoms with Crippen LogP contribution in [0.3, 0.4) is 0 Å². The molecular weight excluding hydrogens is 696 g/mol. The van der Waals surface area contributed by atoms with E-state index in [2.05, 4.69) is 10.0 Å². The van der Waals surface area contributed by atoms with Crippen LogP contribution in [0.25, 0.3) is 0 Å². The number of nitrogens with one attached hydrogen (secondary N) is 2. The molecule has 0 aliphatic carbocycles. The summed E-state index contributed by atoms with van der Waals surface area (Å²) in [6.45, 7) is 11.7. The van der Waals surface area contributed by atoms with Crippen molar-refractivity contribution in [2.45, 2.75) is 83.4 Å². The van der Waals surface area contributed by atoms with Crippen molar-refractivity contribution >= 4 is 56.8 Å². The van der Waals surface area contributed by atoms with Crippen LogP contribution in [-0.2, 0) is 29.8 Å². The summed E-state index contributed by atoms with van der Waals surface area (Å²) in [6.07, 6.45) is -1.30. The van der Waals surface area contributed by atoms with E-state index in [9.17, 15) is 22.4 Å². The maximum Gasteiger partial charge on any atom is 0.421 e. The highest BCUT2D eigenvalue weighted by molar-refractivity contribution is 7.89. The number of benzene rings is 3. The number of imide groups is 1. The van der Waals surface area contributed by atoms with E-state index >= 15 is 4.79 Å². The molecule has 3 aromatic carbocycles. The van der Waals surface area contributed by atoms with Crippen molar-refractivity contribution in [1.82, 2.24) is 10.0 Å². The second kappa shape index (κ2) is 12.9. The van der Waals surface area contributed by atoms with Gasteiger partial charge in [-0.05, 0) is 108 Å². The number of fused-ring (bicyclic) bond motifs is 2. The minimum Gasteiger partial charge on any atom is -0.476 e. The molecular formula is C35H38Cl2FN3O7S. The number of piperidine rings is 1. The zero-order valence-electron chi connectivity index (χ0n) is 28.1. The second-order valence-electron chi connectivity index (χ2n) is 14.3. The third kappa shape index (κ3) is 7.28. The van der Waals surface area contributed by atoms with Gasteiger partial charge in [0.15, 0.2) is 0 Å². The van der Waals surface area contributed by atoms with Crippen LogP contribution in [0, 0.1) is 12.7 Å². The van der Waals surface area contributed by atoms with Gasteiger partial charge >= 0.3 is 6.09 Å². The van der Waals surface area contributed by atoms with E-state index in [1.54, 1.807) is 60.6 Å². The van der Waals surface area contributed by atoms with Crippen molar-refractivity contribution in [2.24, 2.45) is 0 Å². The number of rotatable bonds is 6. The lowest BCUT2D eigenvalue weighted by molar-refractivity contribution is -0.132. The van der Waals surface area contributed by atoms with Crippen LogP contribution < -0.4 is 19.7 Å². The molecule has 1 fully saturated rings. The Morgan fingerprint density at radius 2 is 1.65 bits per heavy atom. The molecule has 49 heavy (non-hydrogen) atoms. The van der Waals surface area contributed by atoms with Crippen LogP contribution >= 0.6 is 23.2 Å². The van der Waals surface area contributed by atoms with Gasteiger partial charge in [-0.15, -0.1) is 0 Å². The Hall–Kier alpha value is -3.71. The number of halogens is 3. The molecule has 0 aromatic heterocycles. The normalized spacial score (nSPS) is 21.1. The minimum absolute atomic E-state index is 0.0384. The lowest BCUT2D eigenvalue weighted by Gasteiger charge is -2.47. The zero-order valence-corrected chi connectivity index (χ0v) is 30.4. The van der Waals surface area contributed by atoms with E-state index in [0.29, 0.717) is 16.7 Å². The molecule has 0 bridgehead atoms. The van der Waals surface area contributed by atoms with E-state index < -0.39 is 68.2 Å². The highest BCUT2D eigenvalue weighted by Crippen LogP contribution is 2.61. The number of hydrogen-bond acceptors (Lipinski definition) is 7. The summed E-state index contributed by atoms with van der Waals surface area (Å²) in [4.78, 5) is 43.7. The minimum atomic E-state index is -3.98. The van der Waals surface area contributed by atoms with Crippen molar-refractivity contribution in [2.75, 3.05) is 10.8 Å². The van der Waals surface area contributed by atoms with E-state index in [0.717, 1.165) is 4.90 Å². The van der Waals surface area contributed by atoms with Crippen LogP contribution in [0.15, 0.2) is 54.6 Å². The Bertz CT molecular complexity index is 1960. The van der Waals surface area contributed by atoms with Gasteiger partial charge in [-0.2, -0.15) is 0 Å². The SMILES string of the molecule is Cc1ccc(F)cc1[C@@H]1NC(=O)C[C@H](c2cc(Cl)ccc2OCS(=O)(=O)NC(C)(C)C)[C@@]12C(=O)N(C(=O)OC(C)(C)C)c1cc(Cl)ccc12. The maximum atomic E-state index is 15.3. The lowest BCUT2D eigenvalue weighted by Crippen LogP contribution is -2.59. The standard InChI is InChI=1S/C35H38Cl2FN3O7S/c1-19-8-11-22(38)16-23(19)30-35(25-12-9-21(37)15-27(25)41(31(35)43)32(44)48-34(5,6)7)26(17-29(42)39-30)24-14-20(36)10-13-28(24)47-18-49(45,46)40-33(2,3)4/h8-16,26,30,40H,17-18H2,1-7H3,(H,39,42)/t26-,30+,35-/m1/s1. The molecule has 2 aliphatic heterocycles. The topological polar surface area (TPSA) is 131 Å². The summed E-state index contributed by atoms with van der Waals surface area (Å²) < 4.78 is 55.1. The molecule has 2 aliphatic rings.